The van der Waals surface area contributed by atoms with Crippen molar-refractivity contribution >= 4 is 34.4 Å². The molecule has 0 aliphatic carbocycles. The summed E-state index contributed by atoms with van der Waals surface area (Å²) in [7, 11) is 3.19. The van der Waals surface area contributed by atoms with Gasteiger partial charge in [-0.05, 0) is 18.0 Å². The van der Waals surface area contributed by atoms with Crippen LogP contribution in [0.1, 0.15) is 6.42 Å². The van der Waals surface area contributed by atoms with E-state index in [4.69, 9.17) is 23.2 Å². The maximum atomic E-state index is 12.2. The van der Waals surface area contributed by atoms with Gasteiger partial charge in [0.15, 0.2) is 11.2 Å². The lowest BCUT2D eigenvalue weighted by atomic mass is 10.4. The lowest BCUT2D eigenvalue weighted by molar-refractivity contribution is 0.593. The number of halogens is 2. The number of alkyl halides is 1. The van der Waals surface area contributed by atoms with E-state index in [-0.39, 0.29) is 17.4 Å². The lowest BCUT2D eigenvalue weighted by Gasteiger charge is -2.07. The SMILES string of the molecule is Cn1c(Cl)nc2c1c(=O)n(CCCCl)c(=O)n2C. The fourth-order valence-electron chi connectivity index (χ4n) is 1.83. The molecule has 98 valence electrons. The fourth-order valence-corrected chi connectivity index (χ4v) is 2.12. The second-order valence-corrected chi connectivity index (χ2v) is 4.67. The molecule has 2 aromatic heterocycles. The summed E-state index contributed by atoms with van der Waals surface area (Å²) in [4.78, 5) is 28.3. The summed E-state index contributed by atoms with van der Waals surface area (Å²) in [5, 5.41) is 0.173. The van der Waals surface area contributed by atoms with Gasteiger partial charge in [-0.3, -0.25) is 13.9 Å². The molecule has 0 bridgehead atoms. The maximum Gasteiger partial charge on any atom is 0.332 e. The maximum absolute atomic E-state index is 12.2. The Labute approximate surface area is 112 Å². The highest BCUT2D eigenvalue weighted by Crippen LogP contribution is 2.12. The van der Waals surface area contributed by atoms with Crippen molar-refractivity contribution in [1.29, 1.82) is 0 Å². The summed E-state index contributed by atoms with van der Waals surface area (Å²) in [5.74, 6) is 0.389. The average Bonchev–Trinajstić information content (AvgIpc) is 2.64. The van der Waals surface area contributed by atoms with Gasteiger partial charge in [0, 0.05) is 26.5 Å². The predicted octanol–water partition coefficient (Wildman–Crippen LogP) is 0.716. The first kappa shape index (κ1) is 13.2. The van der Waals surface area contributed by atoms with E-state index in [9.17, 15) is 9.59 Å². The summed E-state index contributed by atoms with van der Waals surface area (Å²) < 4.78 is 3.94. The quantitative estimate of drug-likeness (QED) is 0.618. The number of aryl methyl sites for hydroxylation is 2. The lowest BCUT2D eigenvalue weighted by Crippen LogP contribution is -2.39. The van der Waals surface area contributed by atoms with Crippen molar-refractivity contribution in [2.45, 2.75) is 13.0 Å². The van der Waals surface area contributed by atoms with E-state index in [0.717, 1.165) is 4.57 Å². The van der Waals surface area contributed by atoms with Crippen LogP contribution in [0.25, 0.3) is 11.2 Å². The Hall–Kier alpha value is -1.27. The van der Waals surface area contributed by atoms with Gasteiger partial charge in [0.1, 0.15) is 0 Å². The second-order valence-electron chi connectivity index (χ2n) is 3.95. The molecule has 8 heteroatoms. The zero-order chi connectivity index (χ0) is 13.4. The molecule has 0 aliphatic heterocycles. The van der Waals surface area contributed by atoms with E-state index >= 15 is 0 Å². The molecule has 18 heavy (non-hydrogen) atoms. The van der Waals surface area contributed by atoms with E-state index < -0.39 is 5.69 Å². The highest BCUT2D eigenvalue weighted by molar-refractivity contribution is 6.29. The highest BCUT2D eigenvalue weighted by atomic mass is 35.5. The van der Waals surface area contributed by atoms with Gasteiger partial charge in [0.2, 0.25) is 5.28 Å². The number of nitrogens with zero attached hydrogens (tertiary/aromatic N) is 4. The minimum Gasteiger partial charge on any atom is -0.312 e. The normalized spacial score (nSPS) is 11.3. The molecule has 0 N–H and O–H groups in total. The standard InChI is InChI=1S/C10H12Cl2N4O2/c1-14-6-7(13-9(14)12)15(2)10(18)16(8(6)17)5-3-4-11/h3-5H2,1-2H3. The highest BCUT2D eigenvalue weighted by Gasteiger charge is 2.16. The Kier molecular flexibility index (Phi) is 3.49. The van der Waals surface area contributed by atoms with Crippen LogP contribution in [0.15, 0.2) is 9.59 Å². The largest absolute Gasteiger partial charge is 0.332 e. The number of rotatable bonds is 3. The van der Waals surface area contributed by atoms with Gasteiger partial charge >= 0.3 is 5.69 Å². The molecule has 0 unspecified atom stereocenters. The van der Waals surface area contributed by atoms with Crippen LogP contribution in [-0.4, -0.2) is 24.6 Å². The predicted molar refractivity (Wildman–Crippen MR) is 70.6 cm³/mol. The molecule has 2 heterocycles. The number of fused-ring (bicyclic) bond motifs is 1. The third kappa shape index (κ3) is 1.85. The number of aromatic nitrogens is 4. The molecular formula is C10H12Cl2N4O2. The first-order valence-electron chi connectivity index (χ1n) is 5.36. The molecule has 0 amide bonds. The number of hydrogen-bond donors (Lipinski definition) is 0. The Bertz CT molecular complexity index is 713. The molecule has 0 atom stereocenters. The molecule has 0 aliphatic rings. The number of imidazole rings is 1. The first-order valence-corrected chi connectivity index (χ1v) is 6.28. The Morgan fingerprint density at radius 3 is 2.50 bits per heavy atom. The van der Waals surface area contributed by atoms with Crippen LogP contribution in [0, 0.1) is 0 Å². The monoisotopic (exact) mass is 290 g/mol. The average molecular weight is 291 g/mol. The molecule has 0 aromatic carbocycles. The smallest absolute Gasteiger partial charge is 0.312 e. The molecule has 2 rings (SSSR count). The van der Waals surface area contributed by atoms with Gasteiger partial charge < -0.3 is 4.57 Å². The van der Waals surface area contributed by atoms with Gasteiger partial charge in [0.05, 0.1) is 0 Å². The molecular weight excluding hydrogens is 279 g/mol. The van der Waals surface area contributed by atoms with Gasteiger partial charge in [-0.25, -0.2) is 4.79 Å². The molecule has 0 saturated carbocycles. The summed E-state index contributed by atoms with van der Waals surface area (Å²) in [5.41, 5.74) is -0.191. The summed E-state index contributed by atoms with van der Waals surface area (Å²) in [6.07, 6.45) is 0.549. The van der Waals surface area contributed by atoms with Crippen molar-refractivity contribution in [2.75, 3.05) is 5.88 Å². The summed E-state index contributed by atoms with van der Waals surface area (Å²) in [6.45, 7) is 0.285. The first-order chi connectivity index (χ1) is 8.49. The van der Waals surface area contributed by atoms with Gasteiger partial charge in [-0.15, -0.1) is 11.6 Å². The zero-order valence-electron chi connectivity index (χ0n) is 9.98. The van der Waals surface area contributed by atoms with Gasteiger partial charge in [0.25, 0.3) is 5.56 Å². The van der Waals surface area contributed by atoms with Crippen LogP contribution < -0.4 is 11.2 Å². The van der Waals surface area contributed by atoms with Crippen LogP contribution in [0.5, 0.6) is 0 Å². The summed E-state index contributed by atoms with van der Waals surface area (Å²) in [6, 6.07) is 0. The molecule has 0 radical (unpaired) electrons. The third-order valence-electron chi connectivity index (χ3n) is 2.82. The minimum absolute atomic E-state index is 0.173. The summed E-state index contributed by atoms with van der Waals surface area (Å²) >= 11 is 11.5. The van der Waals surface area contributed by atoms with E-state index in [2.05, 4.69) is 4.98 Å². The fraction of sp³-hybridized carbons (Fsp3) is 0.500. The second kappa shape index (κ2) is 4.78. The Morgan fingerprint density at radius 1 is 1.22 bits per heavy atom. The molecule has 0 saturated heterocycles. The molecule has 0 fully saturated rings. The Morgan fingerprint density at radius 2 is 1.89 bits per heavy atom. The van der Waals surface area contributed by atoms with Gasteiger partial charge in [-0.2, -0.15) is 4.98 Å². The van der Waals surface area contributed by atoms with Crippen LogP contribution in [0.4, 0.5) is 0 Å². The van der Waals surface area contributed by atoms with E-state index in [1.165, 1.54) is 9.13 Å². The van der Waals surface area contributed by atoms with E-state index in [1.54, 1.807) is 14.1 Å². The van der Waals surface area contributed by atoms with Crippen molar-refractivity contribution in [3.05, 3.63) is 26.1 Å². The van der Waals surface area contributed by atoms with Crippen LogP contribution in [-0.2, 0) is 20.6 Å². The van der Waals surface area contributed by atoms with E-state index in [1.807, 2.05) is 0 Å². The van der Waals surface area contributed by atoms with Crippen molar-refractivity contribution in [1.82, 2.24) is 18.7 Å². The van der Waals surface area contributed by atoms with Crippen LogP contribution in [0.2, 0.25) is 5.28 Å². The van der Waals surface area contributed by atoms with Crippen molar-refractivity contribution in [2.24, 2.45) is 14.1 Å². The topological polar surface area (TPSA) is 61.8 Å². The van der Waals surface area contributed by atoms with Crippen molar-refractivity contribution in [3.63, 3.8) is 0 Å². The Balaban J connectivity index is 2.85. The van der Waals surface area contributed by atoms with Crippen LogP contribution >= 0.6 is 23.2 Å². The minimum atomic E-state index is -0.410. The third-order valence-corrected chi connectivity index (χ3v) is 3.43. The van der Waals surface area contributed by atoms with Gasteiger partial charge in [-0.1, -0.05) is 0 Å². The number of hydrogen-bond acceptors (Lipinski definition) is 3. The molecule has 6 nitrogen and oxygen atoms in total. The molecule has 0 spiro atoms. The zero-order valence-corrected chi connectivity index (χ0v) is 11.5. The van der Waals surface area contributed by atoms with Crippen molar-refractivity contribution in [3.8, 4) is 0 Å². The van der Waals surface area contributed by atoms with Crippen molar-refractivity contribution < 1.29 is 0 Å². The van der Waals surface area contributed by atoms with Crippen LogP contribution in [0.3, 0.4) is 0 Å². The molecule has 2 aromatic rings. The van der Waals surface area contributed by atoms with E-state index in [0.29, 0.717) is 23.5 Å².